The molecule has 1 aliphatic carbocycles. The summed E-state index contributed by atoms with van der Waals surface area (Å²) < 4.78 is 22.5. The van der Waals surface area contributed by atoms with E-state index in [2.05, 4.69) is 0 Å². The Morgan fingerprint density at radius 1 is 1.31 bits per heavy atom. The minimum absolute atomic E-state index is 0.291. The number of hydrogen-bond donors (Lipinski definition) is 2. The molecule has 0 unspecified atom stereocenters. The van der Waals surface area contributed by atoms with Crippen molar-refractivity contribution in [2.75, 3.05) is 6.26 Å². The third-order valence-corrected chi connectivity index (χ3v) is 4.19. The van der Waals surface area contributed by atoms with Crippen LogP contribution in [0.3, 0.4) is 0 Å². The van der Waals surface area contributed by atoms with Crippen molar-refractivity contribution in [1.29, 1.82) is 0 Å². The fraction of sp³-hybridized carbons (Fsp3) is 0.455. The minimum Gasteiger partial charge on any atom is -0.393 e. The lowest BCUT2D eigenvalue weighted by Crippen LogP contribution is -2.51. The van der Waals surface area contributed by atoms with Crippen LogP contribution in [0, 0.1) is 0 Å². The lowest BCUT2D eigenvalue weighted by molar-refractivity contribution is 0.0209. The highest BCUT2D eigenvalue weighted by Crippen LogP contribution is 2.39. The van der Waals surface area contributed by atoms with Gasteiger partial charge in [0.05, 0.1) is 11.0 Å². The molecule has 0 amide bonds. The molecule has 0 bridgehead atoms. The molecule has 0 spiro atoms. The van der Waals surface area contributed by atoms with Crippen molar-refractivity contribution in [3.05, 3.63) is 29.8 Å². The molecule has 1 aliphatic rings. The Bertz CT molecular complexity index is 486. The zero-order valence-electron chi connectivity index (χ0n) is 9.05. The molecular weight excluding hydrogens is 226 g/mol. The van der Waals surface area contributed by atoms with Gasteiger partial charge in [0.2, 0.25) is 0 Å². The first-order chi connectivity index (χ1) is 7.31. The Morgan fingerprint density at radius 3 is 2.19 bits per heavy atom. The summed E-state index contributed by atoms with van der Waals surface area (Å²) >= 11 is 0. The summed E-state index contributed by atoms with van der Waals surface area (Å²) in [4.78, 5) is 0.291. The van der Waals surface area contributed by atoms with Gasteiger partial charge in [-0.2, -0.15) is 0 Å². The molecule has 1 aromatic carbocycles. The van der Waals surface area contributed by atoms with Crippen molar-refractivity contribution in [3.63, 3.8) is 0 Å². The van der Waals surface area contributed by atoms with Crippen LogP contribution in [0.2, 0.25) is 0 Å². The van der Waals surface area contributed by atoms with Crippen molar-refractivity contribution < 1.29 is 13.5 Å². The molecule has 88 valence electrons. The molecule has 0 saturated heterocycles. The zero-order valence-corrected chi connectivity index (χ0v) is 9.87. The second kappa shape index (κ2) is 3.55. The second-order valence-corrected chi connectivity index (χ2v) is 6.53. The zero-order chi connectivity index (χ0) is 12.0. The molecule has 5 heteroatoms. The van der Waals surface area contributed by atoms with E-state index in [1.54, 1.807) is 24.3 Å². The fourth-order valence-electron chi connectivity index (χ4n) is 2.05. The van der Waals surface area contributed by atoms with Crippen molar-refractivity contribution in [2.45, 2.75) is 29.4 Å². The highest BCUT2D eigenvalue weighted by Gasteiger charge is 2.41. The normalized spacial score (nSPS) is 29.8. The largest absolute Gasteiger partial charge is 0.393 e. The third kappa shape index (κ3) is 1.98. The van der Waals surface area contributed by atoms with Gasteiger partial charge in [0.15, 0.2) is 9.84 Å². The van der Waals surface area contributed by atoms with E-state index < -0.39 is 15.4 Å². The van der Waals surface area contributed by atoms with Gasteiger partial charge in [-0.05, 0) is 30.5 Å². The van der Waals surface area contributed by atoms with Crippen LogP contribution < -0.4 is 5.73 Å². The van der Waals surface area contributed by atoms with E-state index in [0.717, 1.165) is 5.56 Å². The topological polar surface area (TPSA) is 80.4 Å². The van der Waals surface area contributed by atoms with Crippen LogP contribution in [0.4, 0.5) is 0 Å². The van der Waals surface area contributed by atoms with E-state index >= 15 is 0 Å². The summed E-state index contributed by atoms with van der Waals surface area (Å²) in [6.07, 6.45) is 1.91. The van der Waals surface area contributed by atoms with Crippen LogP contribution in [0.25, 0.3) is 0 Å². The Labute approximate surface area is 95.0 Å². The number of rotatable bonds is 2. The van der Waals surface area contributed by atoms with Crippen LogP contribution in [0.15, 0.2) is 29.2 Å². The minimum atomic E-state index is -3.15. The van der Waals surface area contributed by atoms with E-state index in [-0.39, 0.29) is 6.10 Å². The average molecular weight is 241 g/mol. The van der Waals surface area contributed by atoms with Crippen LogP contribution in [0.1, 0.15) is 18.4 Å². The van der Waals surface area contributed by atoms with Gasteiger partial charge in [-0.1, -0.05) is 12.1 Å². The number of aliphatic hydroxyl groups excluding tert-OH is 1. The van der Waals surface area contributed by atoms with Gasteiger partial charge in [-0.15, -0.1) is 0 Å². The molecule has 0 heterocycles. The molecule has 0 aromatic heterocycles. The Balaban J connectivity index is 2.27. The molecule has 0 atom stereocenters. The number of benzene rings is 1. The second-order valence-electron chi connectivity index (χ2n) is 4.51. The lowest BCUT2D eigenvalue weighted by atomic mass is 9.71. The number of hydrogen-bond acceptors (Lipinski definition) is 4. The summed E-state index contributed by atoms with van der Waals surface area (Å²) in [7, 11) is -3.15. The number of sulfone groups is 1. The SMILES string of the molecule is CS(=O)(=O)c1ccc(C2(N)CC(O)C2)cc1. The predicted molar refractivity (Wildman–Crippen MR) is 60.7 cm³/mol. The molecule has 0 aliphatic heterocycles. The van der Waals surface area contributed by atoms with Crippen molar-refractivity contribution in [1.82, 2.24) is 0 Å². The Morgan fingerprint density at radius 2 is 1.81 bits per heavy atom. The maximum absolute atomic E-state index is 11.3. The third-order valence-electron chi connectivity index (χ3n) is 3.06. The highest BCUT2D eigenvalue weighted by atomic mass is 32.2. The van der Waals surface area contributed by atoms with E-state index in [0.29, 0.717) is 17.7 Å². The van der Waals surface area contributed by atoms with E-state index in [1.165, 1.54) is 6.26 Å². The predicted octanol–water partition coefficient (Wildman–Crippen LogP) is 0.399. The summed E-state index contributed by atoms with van der Waals surface area (Å²) in [6, 6.07) is 6.57. The Hall–Kier alpha value is -0.910. The molecule has 1 saturated carbocycles. The van der Waals surface area contributed by atoms with Crippen LogP contribution >= 0.6 is 0 Å². The Kier molecular flexibility index (Phi) is 2.57. The van der Waals surface area contributed by atoms with Gasteiger partial charge >= 0.3 is 0 Å². The summed E-state index contributed by atoms with van der Waals surface area (Å²) in [6.45, 7) is 0. The molecule has 16 heavy (non-hydrogen) atoms. The van der Waals surface area contributed by atoms with Gasteiger partial charge in [-0.3, -0.25) is 0 Å². The molecule has 3 N–H and O–H groups in total. The van der Waals surface area contributed by atoms with Gasteiger partial charge in [0, 0.05) is 11.8 Å². The van der Waals surface area contributed by atoms with Crippen molar-refractivity contribution in [2.24, 2.45) is 5.73 Å². The van der Waals surface area contributed by atoms with Gasteiger partial charge < -0.3 is 10.8 Å². The molecular formula is C11H15NO3S. The van der Waals surface area contributed by atoms with Crippen LogP contribution in [-0.2, 0) is 15.4 Å². The van der Waals surface area contributed by atoms with Gasteiger partial charge in [0.1, 0.15) is 0 Å². The van der Waals surface area contributed by atoms with Crippen molar-refractivity contribution >= 4 is 9.84 Å². The summed E-state index contributed by atoms with van der Waals surface area (Å²) in [5.74, 6) is 0. The number of nitrogens with two attached hydrogens (primary N) is 1. The first kappa shape index (κ1) is 11.6. The monoisotopic (exact) mass is 241 g/mol. The highest BCUT2D eigenvalue weighted by molar-refractivity contribution is 7.90. The molecule has 1 aromatic rings. The maximum Gasteiger partial charge on any atom is 0.175 e. The molecule has 2 rings (SSSR count). The maximum atomic E-state index is 11.3. The first-order valence-electron chi connectivity index (χ1n) is 5.09. The van der Waals surface area contributed by atoms with Gasteiger partial charge in [0.25, 0.3) is 0 Å². The van der Waals surface area contributed by atoms with E-state index in [9.17, 15) is 13.5 Å². The lowest BCUT2D eigenvalue weighted by Gasteiger charge is -2.42. The standard InChI is InChI=1S/C11H15NO3S/c1-16(14,15)10-4-2-8(3-5-10)11(12)6-9(13)7-11/h2-5,9,13H,6-7,12H2,1H3. The van der Waals surface area contributed by atoms with E-state index in [1.807, 2.05) is 0 Å². The summed E-state index contributed by atoms with van der Waals surface area (Å²) in [5.41, 5.74) is 6.45. The summed E-state index contributed by atoms with van der Waals surface area (Å²) in [5, 5.41) is 9.25. The molecule has 0 radical (unpaired) electrons. The average Bonchev–Trinajstić information content (AvgIpc) is 2.14. The van der Waals surface area contributed by atoms with E-state index in [4.69, 9.17) is 5.73 Å². The quantitative estimate of drug-likeness (QED) is 0.785. The smallest absolute Gasteiger partial charge is 0.175 e. The molecule has 4 nitrogen and oxygen atoms in total. The number of aliphatic hydroxyl groups is 1. The first-order valence-corrected chi connectivity index (χ1v) is 6.98. The van der Waals surface area contributed by atoms with Crippen molar-refractivity contribution in [3.8, 4) is 0 Å². The van der Waals surface area contributed by atoms with Crippen LogP contribution in [-0.4, -0.2) is 25.9 Å². The molecule has 1 fully saturated rings. The van der Waals surface area contributed by atoms with Crippen LogP contribution in [0.5, 0.6) is 0 Å². The van der Waals surface area contributed by atoms with Gasteiger partial charge in [-0.25, -0.2) is 8.42 Å². The fourth-order valence-corrected chi connectivity index (χ4v) is 2.68.